The molecule has 1 aromatic carbocycles. The fraction of sp³-hybridized carbons (Fsp3) is 0.231. The second-order valence-corrected chi connectivity index (χ2v) is 5.14. The van der Waals surface area contributed by atoms with Crippen LogP contribution in [0.2, 0.25) is 0 Å². The normalized spacial score (nSPS) is 10.7. The minimum Gasteiger partial charge on any atom is -0.435 e. The molecule has 1 heterocycles. The molecule has 0 fully saturated rings. The molecule has 2 rings (SSSR count). The summed E-state index contributed by atoms with van der Waals surface area (Å²) in [6, 6.07) is 10.6. The summed E-state index contributed by atoms with van der Waals surface area (Å²) in [7, 11) is 0. The van der Waals surface area contributed by atoms with Crippen molar-refractivity contribution in [2.24, 2.45) is 0 Å². The van der Waals surface area contributed by atoms with E-state index in [4.69, 9.17) is 0 Å². The maximum absolute atomic E-state index is 12.0. The average molecular weight is 269 g/mol. The van der Waals surface area contributed by atoms with E-state index in [9.17, 15) is 8.78 Å². The van der Waals surface area contributed by atoms with Crippen molar-refractivity contribution < 1.29 is 13.5 Å². The molecule has 2 nitrogen and oxygen atoms in total. The van der Waals surface area contributed by atoms with Crippen molar-refractivity contribution in [3.63, 3.8) is 0 Å². The molecule has 1 aromatic heterocycles. The molecule has 2 aromatic rings. The molecule has 0 unspecified atom stereocenters. The van der Waals surface area contributed by atoms with Gasteiger partial charge in [0.05, 0.1) is 0 Å². The lowest BCUT2D eigenvalue weighted by Crippen LogP contribution is -2.02. The van der Waals surface area contributed by atoms with E-state index >= 15 is 0 Å². The summed E-state index contributed by atoms with van der Waals surface area (Å²) in [5.74, 6) is 0.169. The Balaban J connectivity index is 1.90. The van der Waals surface area contributed by atoms with Gasteiger partial charge in [-0.25, -0.2) is 0 Å². The highest BCUT2D eigenvalue weighted by molar-refractivity contribution is 7.11. The molecule has 18 heavy (non-hydrogen) atoms. The van der Waals surface area contributed by atoms with Crippen LogP contribution in [0.15, 0.2) is 36.4 Å². The number of alkyl halides is 2. The maximum atomic E-state index is 12.0. The van der Waals surface area contributed by atoms with Crippen LogP contribution in [-0.4, -0.2) is 6.61 Å². The molecule has 0 saturated carbocycles. The number of nitrogens with one attached hydrogen (secondary N) is 1. The topological polar surface area (TPSA) is 21.3 Å². The molecule has 0 radical (unpaired) electrons. The van der Waals surface area contributed by atoms with E-state index in [2.05, 4.69) is 29.1 Å². The highest BCUT2D eigenvalue weighted by Gasteiger charge is 2.03. The van der Waals surface area contributed by atoms with Gasteiger partial charge in [-0.05, 0) is 43.3 Å². The Kier molecular flexibility index (Phi) is 4.15. The fourth-order valence-electron chi connectivity index (χ4n) is 1.52. The van der Waals surface area contributed by atoms with Gasteiger partial charge in [-0.2, -0.15) is 8.78 Å². The molecular weight excluding hydrogens is 256 g/mol. The lowest BCUT2D eigenvalue weighted by molar-refractivity contribution is -0.0498. The number of ether oxygens (including phenoxy) is 1. The Morgan fingerprint density at radius 3 is 2.44 bits per heavy atom. The summed E-state index contributed by atoms with van der Waals surface area (Å²) >= 11 is 1.73. The zero-order valence-electron chi connectivity index (χ0n) is 9.82. The van der Waals surface area contributed by atoms with Crippen LogP contribution < -0.4 is 10.1 Å². The van der Waals surface area contributed by atoms with E-state index in [0.717, 1.165) is 12.2 Å². The van der Waals surface area contributed by atoms with Gasteiger partial charge in [-0.15, -0.1) is 11.3 Å². The second kappa shape index (κ2) is 5.82. The first-order valence-corrected chi connectivity index (χ1v) is 6.29. The summed E-state index contributed by atoms with van der Waals surface area (Å²) in [5.41, 5.74) is 0.877. The number of hydrogen-bond acceptors (Lipinski definition) is 3. The molecular formula is C13H13F2NOS. The van der Waals surface area contributed by atoms with E-state index in [1.807, 2.05) is 0 Å². The van der Waals surface area contributed by atoms with Crippen LogP contribution in [-0.2, 0) is 6.54 Å². The van der Waals surface area contributed by atoms with Crippen LogP contribution in [0.5, 0.6) is 5.75 Å². The molecule has 0 aliphatic carbocycles. The van der Waals surface area contributed by atoms with Gasteiger partial charge in [0.15, 0.2) is 0 Å². The van der Waals surface area contributed by atoms with E-state index in [-0.39, 0.29) is 5.75 Å². The molecule has 96 valence electrons. The SMILES string of the molecule is Cc1ccc(CNc2ccc(OC(F)F)cc2)s1. The third-order valence-corrected chi connectivity index (χ3v) is 3.34. The number of anilines is 1. The molecule has 0 atom stereocenters. The lowest BCUT2D eigenvalue weighted by atomic mass is 10.3. The van der Waals surface area contributed by atoms with Gasteiger partial charge in [-0.1, -0.05) is 0 Å². The number of benzene rings is 1. The van der Waals surface area contributed by atoms with Crippen LogP contribution >= 0.6 is 11.3 Å². The van der Waals surface area contributed by atoms with Gasteiger partial charge < -0.3 is 10.1 Å². The molecule has 0 spiro atoms. The highest BCUT2D eigenvalue weighted by atomic mass is 32.1. The van der Waals surface area contributed by atoms with Gasteiger partial charge in [0.25, 0.3) is 0 Å². The van der Waals surface area contributed by atoms with Gasteiger partial charge in [0.1, 0.15) is 5.75 Å². The third-order valence-electron chi connectivity index (χ3n) is 2.34. The first-order chi connectivity index (χ1) is 8.63. The predicted octanol–water partition coefficient (Wildman–Crippen LogP) is 4.27. The number of halogens is 2. The standard InChI is InChI=1S/C13H13F2NOS/c1-9-2-7-12(18-9)8-16-10-3-5-11(6-4-10)17-13(14)15/h2-7,13,16H,8H2,1H3. The van der Waals surface area contributed by atoms with Crippen molar-refractivity contribution in [2.75, 3.05) is 5.32 Å². The maximum Gasteiger partial charge on any atom is 0.387 e. The van der Waals surface area contributed by atoms with Crippen molar-refractivity contribution in [1.29, 1.82) is 0 Å². The molecule has 0 saturated heterocycles. The van der Waals surface area contributed by atoms with E-state index in [1.54, 1.807) is 23.5 Å². The molecule has 5 heteroatoms. The predicted molar refractivity (Wildman–Crippen MR) is 69.5 cm³/mol. The van der Waals surface area contributed by atoms with Crippen LogP contribution in [0.4, 0.5) is 14.5 Å². The van der Waals surface area contributed by atoms with Crippen LogP contribution in [0, 0.1) is 6.92 Å². The first kappa shape index (κ1) is 12.8. The minimum atomic E-state index is -2.78. The first-order valence-electron chi connectivity index (χ1n) is 5.47. The van der Waals surface area contributed by atoms with Gasteiger partial charge >= 0.3 is 6.61 Å². The third kappa shape index (κ3) is 3.70. The van der Waals surface area contributed by atoms with Crippen LogP contribution in [0.25, 0.3) is 0 Å². The largest absolute Gasteiger partial charge is 0.435 e. The van der Waals surface area contributed by atoms with Gasteiger partial charge in [0.2, 0.25) is 0 Å². The molecule has 0 bridgehead atoms. The number of thiophene rings is 1. The van der Waals surface area contributed by atoms with Gasteiger partial charge in [-0.3, -0.25) is 0 Å². The quantitative estimate of drug-likeness (QED) is 0.875. The van der Waals surface area contributed by atoms with Crippen molar-refractivity contribution in [1.82, 2.24) is 0 Å². The Hall–Kier alpha value is -1.62. The monoisotopic (exact) mass is 269 g/mol. The smallest absolute Gasteiger partial charge is 0.387 e. The Morgan fingerprint density at radius 1 is 1.17 bits per heavy atom. The summed E-state index contributed by atoms with van der Waals surface area (Å²) in [6.45, 7) is 0.0102. The summed E-state index contributed by atoms with van der Waals surface area (Å²) < 4.78 is 28.2. The fourth-order valence-corrected chi connectivity index (χ4v) is 2.35. The molecule has 0 aliphatic heterocycles. The minimum absolute atomic E-state index is 0.169. The van der Waals surface area contributed by atoms with Crippen molar-refractivity contribution in [3.05, 3.63) is 46.2 Å². The zero-order chi connectivity index (χ0) is 13.0. The Bertz CT molecular complexity index is 496. The number of aryl methyl sites for hydroxylation is 1. The zero-order valence-corrected chi connectivity index (χ0v) is 10.6. The van der Waals surface area contributed by atoms with Gasteiger partial charge in [0, 0.05) is 22.0 Å². The molecule has 0 aliphatic rings. The lowest BCUT2D eigenvalue weighted by Gasteiger charge is -2.07. The second-order valence-electron chi connectivity index (χ2n) is 3.77. The van der Waals surface area contributed by atoms with E-state index in [1.165, 1.54) is 21.9 Å². The average Bonchev–Trinajstić information content (AvgIpc) is 2.74. The summed E-state index contributed by atoms with van der Waals surface area (Å²) in [6.07, 6.45) is 0. The Labute approximate surface area is 108 Å². The van der Waals surface area contributed by atoms with Crippen molar-refractivity contribution >= 4 is 17.0 Å². The number of hydrogen-bond donors (Lipinski definition) is 1. The van der Waals surface area contributed by atoms with Crippen LogP contribution in [0.3, 0.4) is 0 Å². The summed E-state index contributed by atoms with van der Waals surface area (Å²) in [4.78, 5) is 2.51. The highest BCUT2D eigenvalue weighted by Crippen LogP contribution is 2.20. The molecule has 0 amide bonds. The van der Waals surface area contributed by atoms with E-state index < -0.39 is 6.61 Å². The van der Waals surface area contributed by atoms with Crippen molar-refractivity contribution in [3.8, 4) is 5.75 Å². The van der Waals surface area contributed by atoms with E-state index in [0.29, 0.717) is 0 Å². The Morgan fingerprint density at radius 2 is 1.89 bits per heavy atom. The van der Waals surface area contributed by atoms with Crippen LogP contribution in [0.1, 0.15) is 9.75 Å². The number of rotatable bonds is 5. The molecule has 1 N–H and O–H groups in total. The van der Waals surface area contributed by atoms with Crippen molar-refractivity contribution in [2.45, 2.75) is 20.1 Å². The summed E-state index contributed by atoms with van der Waals surface area (Å²) in [5, 5.41) is 3.22.